The molecule has 0 unspecified atom stereocenters. The molecule has 1 aliphatic carbocycles. The molecule has 0 aromatic carbocycles. The van der Waals surface area contributed by atoms with Crippen molar-refractivity contribution in [3.63, 3.8) is 0 Å². The van der Waals surface area contributed by atoms with Crippen LogP contribution in [0.25, 0.3) is 0 Å². The van der Waals surface area contributed by atoms with Gasteiger partial charge >= 0.3 is 0 Å². The van der Waals surface area contributed by atoms with Crippen LogP contribution in [0.1, 0.15) is 32.6 Å². The molecule has 0 spiro atoms. The minimum atomic E-state index is 0.233. The molecule has 1 aliphatic rings. The monoisotopic (exact) mass is 127 g/mol. The number of carbonyl (C=O) groups excluding carboxylic acids is 1. The van der Waals surface area contributed by atoms with Crippen molar-refractivity contribution in [1.29, 1.82) is 0 Å². The summed E-state index contributed by atoms with van der Waals surface area (Å²) in [6.07, 6.45) is 5.49. The zero-order valence-electron chi connectivity index (χ0n) is 5.81. The largest absolute Gasteiger partial charge is 0.353 e. The van der Waals surface area contributed by atoms with E-state index in [1.54, 1.807) is 0 Å². The lowest BCUT2D eigenvalue weighted by molar-refractivity contribution is -0.110. The number of carbonyl (C=O) groups is 1. The van der Waals surface area contributed by atoms with Crippen LogP contribution < -0.4 is 5.32 Å². The molecule has 0 aromatic heterocycles. The number of rotatable bonds is 4. The van der Waals surface area contributed by atoms with Crippen LogP contribution >= 0.6 is 0 Å². The van der Waals surface area contributed by atoms with Gasteiger partial charge in [0.2, 0.25) is 6.41 Å². The summed E-state index contributed by atoms with van der Waals surface area (Å²) in [5, 5.41) is 2.85. The fourth-order valence-corrected chi connectivity index (χ4v) is 1.22. The van der Waals surface area contributed by atoms with Crippen molar-refractivity contribution in [2.75, 3.05) is 0 Å². The van der Waals surface area contributed by atoms with Crippen molar-refractivity contribution < 1.29 is 4.79 Å². The van der Waals surface area contributed by atoms with Gasteiger partial charge in [-0.1, -0.05) is 13.3 Å². The molecular weight excluding hydrogens is 114 g/mol. The standard InChI is InChI=1S/C7H13NO/c1-2-3-7(4-5-7)8-6-9/h6H,2-5H2,1H3,(H,8,9). The van der Waals surface area contributed by atoms with Gasteiger partial charge in [-0.3, -0.25) is 4.79 Å². The van der Waals surface area contributed by atoms with Crippen LogP contribution in [-0.2, 0) is 4.79 Å². The van der Waals surface area contributed by atoms with E-state index in [9.17, 15) is 4.79 Å². The molecule has 0 aliphatic heterocycles. The highest BCUT2D eigenvalue weighted by molar-refractivity contribution is 5.49. The molecule has 0 bridgehead atoms. The molecule has 2 heteroatoms. The average Bonchev–Trinajstić information content (AvgIpc) is 2.51. The molecule has 1 saturated carbocycles. The zero-order chi connectivity index (χ0) is 6.74. The van der Waals surface area contributed by atoms with Gasteiger partial charge in [0, 0.05) is 5.54 Å². The Balaban J connectivity index is 2.24. The Kier molecular flexibility index (Phi) is 1.74. The Morgan fingerprint density at radius 1 is 1.67 bits per heavy atom. The molecule has 1 fully saturated rings. The van der Waals surface area contributed by atoms with E-state index in [0.29, 0.717) is 0 Å². The first kappa shape index (κ1) is 6.59. The van der Waals surface area contributed by atoms with Gasteiger partial charge in [0.15, 0.2) is 0 Å². The Labute approximate surface area is 55.6 Å². The molecule has 0 radical (unpaired) electrons. The van der Waals surface area contributed by atoms with Crippen molar-refractivity contribution in [2.24, 2.45) is 0 Å². The summed E-state index contributed by atoms with van der Waals surface area (Å²) in [6, 6.07) is 0. The third-order valence-corrected chi connectivity index (χ3v) is 1.95. The third-order valence-electron chi connectivity index (χ3n) is 1.95. The first-order valence-electron chi connectivity index (χ1n) is 3.54. The summed E-state index contributed by atoms with van der Waals surface area (Å²) in [4.78, 5) is 10.0. The zero-order valence-corrected chi connectivity index (χ0v) is 5.81. The Morgan fingerprint density at radius 2 is 2.33 bits per heavy atom. The minimum Gasteiger partial charge on any atom is -0.353 e. The average molecular weight is 127 g/mol. The van der Waals surface area contributed by atoms with Crippen molar-refractivity contribution in [3.05, 3.63) is 0 Å². The van der Waals surface area contributed by atoms with E-state index in [4.69, 9.17) is 0 Å². The Bertz CT molecular complexity index is 107. The summed E-state index contributed by atoms with van der Waals surface area (Å²) < 4.78 is 0. The molecule has 0 heterocycles. The van der Waals surface area contributed by atoms with Gasteiger partial charge in [0.1, 0.15) is 0 Å². The molecule has 2 nitrogen and oxygen atoms in total. The molecule has 0 saturated heterocycles. The van der Waals surface area contributed by atoms with E-state index in [-0.39, 0.29) is 5.54 Å². The lowest BCUT2D eigenvalue weighted by Crippen LogP contribution is -2.29. The molecule has 0 atom stereocenters. The SMILES string of the molecule is CCCC1(NC=O)CC1. The van der Waals surface area contributed by atoms with Gasteiger partial charge in [0.05, 0.1) is 0 Å². The second-order valence-electron chi connectivity index (χ2n) is 2.79. The molecule has 1 rings (SSSR count). The number of hydrogen-bond donors (Lipinski definition) is 1. The van der Waals surface area contributed by atoms with Gasteiger partial charge in [-0.2, -0.15) is 0 Å². The van der Waals surface area contributed by atoms with E-state index >= 15 is 0 Å². The molecule has 9 heavy (non-hydrogen) atoms. The maximum absolute atomic E-state index is 10.0. The number of hydrogen-bond acceptors (Lipinski definition) is 1. The van der Waals surface area contributed by atoms with Gasteiger partial charge in [0.25, 0.3) is 0 Å². The number of nitrogens with one attached hydrogen (secondary N) is 1. The van der Waals surface area contributed by atoms with Crippen LogP contribution in [0.2, 0.25) is 0 Å². The lowest BCUT2D eigenvalue weighted by Gasteiger charge is -2.10. The second kappa shape index (κ2) is 2.38. The molecule has 0 aromatic rings. The molecule has 1 amide bonds. The van der Waals surface area contributed by atoms with E-state index in [2.05, 4.69) is 12.2 Å². The van der Waals surface area contributed by atoms with Gasteiger partial charge in [-0.15, -0.1) is 0 Å². The maximum atomic E-state index is 10.0. The van der Waals surface area contributed by atoms with Crippen LogP contribution in [0, 0.1) is 0 Å². The van der Waals surface area contributed by atoms with E-state index in [1.165, 1.54) is 19.3 Å². The molecular formula is C7H13NO. The minimum absolute atomic E-state index is 0.233. The quantitative estimate of drug-likeness (QED) is 0.562. The highest BCUT2D eigenvalue weighted by Gasteiger charge is 2.40. The van der Waals surface area contributed by atoms with Crippen LogP contribution in [0.4, 0.5) is 0 Å². The third kappa shape index (κ3) is 1.44. The summed E-state index contributed by atoms with van der Waals surface area (Å²) in [5.74, 6) is 0. The van der Waals surface area contributed by atoms with E-state index in [0.717, 1.165) is 12.8 Å². The highest BCUT2D eigenvalue weighted by Crippen LogP contribution is 2.38. The van der Waals surface area contributed by atoms with Crippen LogP contribution in [0.15, 0.2) is 0 Å². The highest BCUT2D eigenvalue weighted by atomic mass is 16.1. The van der Waals surface area contributed by atoms with Gasteiger partial charge in [-0.05, 0) is 19.3 Å². The van der Waals surface area contributed by atoms with Crippen LogP contribution in [-0.4, -0.2) is 11.9 Å². The van der Waals surface area contributed by atoms with Crippen molar-refractivity contribution in [3.8, 4) is 0 Å². The Morgan fingerprint density at radius 3 is 2.67 bits per heavy atom. The van der Waals surface area contributed by atoms with Gasteiger partial charge < -0.3 is 5.32 Å². The molecule has 1 N–H and O–H groups in total. The lowest BCUT2D eigenvalue weighted by atomic mass is 10.1. The fraction of sp³-hybridized carbons (Fsp3) is 0.857. The van der Waals surface area contributed by atoms with Gasteiger partial charge in [-0.25, -0.2) is 0 Å². The first-order valence-corrected chi connectivity index (χ1v) is 3.54. The maximum Gasteiger partial charge on any atom is 0.207 e. The smallest absolute Gasteiger partial charge is 0.207 e. The summed E-state index contributed by atoms with van der Waals surface area (Å²) >= 11 is 0. The predicted molar refractivity (Wildman–Crippen MR) is 36.1 cm³/mol. The summed E-state index contributed by atoms with van der Waals surface area (Å²) in [7, 11) is 0. The van der Waals surface area contributed by atoms with Crippen molar-refractivity contribution >= 4 is 6.41 Å². The molecule has 52 valence electrons. The first-order chi connectivity index (χ1) is 4.33. The van der Waals surface area contributed by atoms with E-state index < -0.39 is 0 Å². The second-order valence-corrected chi connectivity index (χ2v) is 2.79. The topological polar surface area (TPSA) is 29.1 Å². The van der Waals surface area contributed by atoms with Crippen LogP contribution in [0.3, 0.4) is 0 Å². The Hall–Kier alpha value is -0.530. The number of amides is 1. The normalized spacial score (nSPS) is 21.0. The fourth-order valence-electron chi connectivity index (χ4n) is 1.22. The predicted octanol–water partition coefficient (Wildman–Crippen LogP) is 1.07. The summed E-state index contributed by atoms with van der Waals surface area (Å²) in [6.45, 7) is 2.15. The van der Waals surface area contributed by atoms with Crippen LogP contribution in [0.5, 0.6) is 0 Å². The van der Waals surface area contributed by atoms with E-state index in [1.807, 2.05) is 0 Å². The van der Waals surface area contributed by atoms with Crippen molar-refractivity contribution in [1.82, 2.24) is 5.32 Å². The summed E-state index contributed by atoms with van der Waals surface area (Å²) in [5.41, 5.74) is 0.233. The van der Waals surface area contributed by atoms with Crippen molar-refractivity contribution in [2.45, 2.75) is 38.1 Å².